The average Bonchev–Trinajstić information content (AvgIpc) is 2.14. The Labute approximate surface area is 96.0 Å². The summed E-state index contributed by atoms with van der Waals surface area (Å²) in [6.45, 7) is 2.04. The monoisotopic (exact) mass is 231 g/mol. The summed E-state index contributed by atoms with van der Waals surface area (Å²) in [6, 6.07) is 0. The molecule has 0 aliphatic heterocycles. The van der Waals surface area contributed by atoms with E-state index < -0.39 is 5.97 Å². The second kappa shape index (κ2) is 6.38. The predicted molar refractivity (Wildman–Crippen MR) is 64.5 cm³/mol. The van der Waals surface area contributed by atoms with E-state index in [0.29, 0.717) is 11.2 Å². The number of carbonyl (C=O) groups is 1. The summed E-state index contributed by atoms with van der Waals surface area (Å²) in [6.07, 6.45) is 8.26. The third-order valence-corrected chi connectivity index (χ3v) is 4.56. The summed E-state index contributed by atoms with van der Waals surface area (Å²) in [5, 5.41) is 11.9. The van der Waals surface area contributed by atoms with Crippen LogP contribution in [0.3, 0.4) is 0 Å². The molecule has 88 valence electrons. The predicted octanol–water partition coefficient (Wildman–Crippen LogP) is 2.12. The Morgan fingerprint density at radius 1 is 1.47 bits per heavy atom. The maximum absolute atomic E-state index is 10.3. The van der Waals surface area contributed by atoms with Crippen LogP contribution < -0.4 is 5.32 Å². The quantitative estimate of drug-likeness (QED) is 0.628. The molecule has 2 N–H and O–H groups in total. The molecule has 0 saturated heterocycles. The minimum atomic E-state index is -0.686. The van der Waals surface area contributed by atoms with Crippen LogP contribution in [0.25, 0.3) is 0 Å². The Morgan fingerprint density at radius 2 is 2.20 bits per heavy atom. The molecule has 0 aromatic heterocycles. The van der Waals surface area contributed by atoms with Crippen molar-refractivity contribution in [2.75, 3.05) is 19.3 Å². The lowest BCUT2D eigenvalue weighted by molar-refractivity contribution is -0.137. The Bertz CT molecular complexity index is 199. The lowest BCUT2D eigenvalue weighted by Gasteiger charge is -2.40. The van der Waals surface area contributed by atoms with Crippen molar-refractivity contribution in [3.05, 3.63) is 0 Å². The number of rotatable bonds is 8. The van der Waals surface area contributed by atoms with Crippen molar-refractivity contribution in [2.45, 2.75) is 43.3 Å². The first-order valence-electron chi connectivity index (χ1n) is 5.66. The zero-order valence-corrected chi connectivity index (χ0v) is 10.2. The van der Waals surface area contributed by atoms with Crippen molar-refractivity contribution in [3.63, 3.8) is 0 Å². The molecule has 0 aromatic carbocycles. The SMILES string of the molecule is CSC1(CNCCCCC(=O)O)CCC1. The largest absolute Gasteiger partial charge is 0.481 e. The highest BCUT2D eigenvalue weighted by atomic mass is 32.2. The van der Waals surface area contributed by atoms with Crippen molar-refractivity contribution in [1.82, 2.24) is 5.32 Å². The molecule has 0 radical (unpaired) electrons. The Kier molecular flexibility index (Phi) is 5.47. The molecule has 0 unspecified atom stereocenters. The van der Waals surface area contributed by atoms with Crippen LogP contribution >= 0.6 is 11.8 Å². The van der Waals surface area contributed by atoms with Gasteiger partial charge in [-0.25, -0.2) is 0 Å². The number of carboxylic acid groups (broad SMARTS) is 1. The molecule has 1 aliphatic carbocycles. The van der Waals surface area contributed by atoms with E-state index >= 15 is 0 Å². The number of unbranched alkanes of at least 4 members (excludes halogenated alkanes) is 1. The van der Waals surface area contributed by atoms with Crippen LogP contribution in [0.5, 0.6) is 0 Å². The van der Waals surface area contributed by atoms with Gasteiger partial charge in [-0.05, 0) is 38.5 Å². The van der Waals surface area contributed by atoms with Gasteiger partial charge in [0.25, 0.3) is 0 Å². The molecule has 0 aromatic rings. The van der Waals surface area contributed by atoms with E-state index in [2.05, 4.69) is 11.6 Å². The van der Waals surface area contributed by atoms with Crippen LogP contribution in [0.1, 0.15) is 38.5 Å². The van der Waals surface area contributed by atoms with Gasteiger partial charge in [0.05, 0.1) is 0 Å². The topological polar surface area (TPSA) is 49.3 Å². The second-order valence-electron chi connectivity index (χ2n) is 4.27. The first-order chi connectivity index (χ1) is 7.18. The van der Waals surface area contributed by atoms with Gasteiger partial charge in [0.15, 0.2) is 0 Å². The minimum absolute atomic E-state index is 0.301. The Morgan fingerprint density at radius 3 is 2.67 bits per heavy atom. The molecule has 1 saturated carbocycles. The number of aliphatic carboxylic acids is 1. The van der Waals surface area contributed by atoms with Crippen LogP contribution in [0.2, 0.25) is 0 Å². The molecule has 1 fully saturated rings. The standard InChI is InChI=1S/C11H21NO2S/c1-15-11(6-4-7-11)9-12-8-3-2-5-10(13)14/h12H,2-9H2,1H3,(H,13,14). The summed E-state index contributed by atoms with van der Waals surface area (Å²) >= 11 is 1.97. The van der Waals surface area contributed by atoms with E-state index in [1.165, 1.54) is 19.3 Å². The van der Waals surface area contributed by atoms with Gasteiger partial charge in [-0.15, -0.1) is 0 Å². The van der Waals surface area contributed by atoms with Gasteiger partial charge in [-0.2, -0.15) is 11.8 Å². The van der Waals surface area contributed by atoms with Crippen LogP contribution in [-0.4, -0.2) is 35.2 Å². The van der Waals surface area contributed by atoms with Crippen LogP contribution in [0.15, 0.2) is 0 Å². The third-order valence-electron chi connectivity index (χ3n) is 3.14. The van der Waals surface area contributed by atoms with Gasteiger partial charge in [0, 0.05) is 17.7 Å². The molecule has 15 heavy (non-hydrogen) atoms. The maximum Gasteiger partial charge on any atom is 0.303 e. The molecular formula is C11H21NO2S. The molecular weight excluding hydrogens is 210 g/mol. The molecule has 4 heteroatoms. The van der Waals surface area contributed by atoms with Crippen LogP contribution in [0.4, 0.5) is 0 Å². The summed E-state index contributed by atoms with van der Waals surface area (Å²) in [4.78, 5) is 10.3. The summed E-state index contributed by atoms with van der Waals surface area (Å²) in [5.74, 6) is -0.686. The fourth-order valence-electron chi connectivity index (χ4n) is 1.87. The lowest BCUT2D eigenvalue weighted by atomic mass is 9.84. The first kappa shape index (κ1) is 12.8. The van der Waals surface area contributed by atoms with Gasteiger partial charge < -0.3 is 10.4 Å². The van der Waals surface area contributed by atoms with E-state index in [-0.39, 0.29) is 0 Å². The Hall–Kier alpha value is -0.220. The van der Waals surface area contributed by atoms with Crippen LogP contribution in [0, 0.1) is 0 Å². The number of thioether (sulfide) groups is 1. The normalized spacial score (nSPS) is 18.5. The highest BCUT2D eigenvalue weighted by molar-refractivity contribution is 8.00. The highest BCUT2D eigenvalue weighted by Crippen LogP contribution is 2.42. The number of hydrogen-bond donors (Lipinski definition) is 2. The molecule has 1 aliphatic rings. The maximum atomic E-state index is 10.3. The van der Waals surface area contributed by atoms with Crippen molar-refractivity contribution in [3.8, 4) is 0 Å². The van der Waals surface area contributed by atoms with E-state index in [4.69, 9.17) is 5.11 Å². The van der Waals surface area contributed by atoms with E-state index in [0.717, 1.165) is 25.9 Å². The fourth-order valence-corrected chi connectivity index (χ4v) is 2.81. The fraction of sp³-hybridized carbons (Fsp3) is 0.909. The molecule has 1 rings (SSSR count). The van der Waals surface area contributed by atoms with Gasteiger partial charge in [-0.1, -0.05) is 6.42 Å². The van der Waals surface area contributed by atoms with Crippen molar-refractivity contribution in [2.24, 2.45) is 0 Å². The highest BCUT2D eigenvalue weighted by Gasteiger charge is 2.35. The van der Waals surface area contributed by atoms with Crippen molar-refractivity contribution < 1.29 is 9.90 Å². The average molecular weight is 231 g/mol. The molecule has 0 heterocycles. The van der Waals surface area contributed by atoms with Gasteiger partial charge in [0.1, 0.15) is 0 Å². The van der Waals surface area contributed by atoms with Gasteiger partial charge >= 0.3 is 5.97 Å². The van der Waals surface area contributed by atoms with Crippen molar-refractivity contribution in [1.29, 1.82) is 0 Å². The van der Waals surface area contributed by atoms with Gasteiger partial charge in [0.2, 0.25) is 0 Å². The lowest BCUT2D eigenvalue weighted by Crippen LogP contribution is -2.43. The first-order valence-corrected chi connectivity index (χ1v) is 6.89. The zero-order chi connectivity index (χ0) is 11.1. The second-order valence-corrected chi connectivity index (χ2v) is 5.54. The summed E-state index contributed by atoms with van der Waals surface area (Å²) in [5.41, 5.74) is 0. The van der Waals surface area contributed by atoms with Crippen molar-refractivity contribution >= 4 is 17.7 Å². The molecule has 0 bridgehead atoms. The number of nitrogens with one attached hydrogen (secondary N) is 1. The van der Waals surface area contributed by atoms with E-state index in [9.17, 15) is 4.79 Å². The summed E-state index contributed by atoms with van der Waals surface area (Å²) in [7, 11) is 0. The Balaban J connectivity index is 1.94. The smallest absolute Gasteiger partial charge is 0.303 e. The van der Waals surface area contributed by atoms with E-state index in [1.807, 2.05) is 11.8 Å². The minimum Gasteiger partial charge on any atom is -0.481 e. The van der Waals surface area contributed by atoms with E-state index in [1.54, 1.807) is 0 Å². The van der Waals surface area contributed by atoms with Crippen LogP contribution in [-0.2, 0) is 4.79 Å². The van der Waals surface area contributed by atoms with Gasteiger partial charge in [-0.3, -0.25) is 4.79 Å². The molecule has 0 amide bonds. The number of hydrogen-bond acceptors (Lipinski definition) is 3. The number of carboxylic acids is 1. The third kappa shape index (κ3) is 4.43. The molecule has 0 spiro atoms. The molecule has 3 nitrogen and oxygen atoms in total. The molecule has 0 atom stereocenters. The summed E-state index contributed by atoms with van der Waals surface area (Å²) < 4.78 is 0.493. The zero-order valence-electron chi connectivity index (χ0n) is 9.42.